The zero-order valence-electron chi connectivity index (χ0n) is 17.7. The number of nitrogens with zero attached hydrogens (tertiary/aromatic N) is 2. The van der Waals surface area contributed by atoms with Crippen molar-refractivity contribution in [1.29, 1.82) is 0 Å². The number of primary amides is 1. The SMILES string of the molecule is CN=C(NCCCn1ccc2ccccc21)NCCc1ccc(OCC(N)=O)cc1.I. The number of halogens is 1. The molecule has 31 heavy (non-hydrogen) atoms. The van der Waals surface area contributed by atoms with Gasteiger partial charge in [-0.2, -0.15) is 0 Å². The molecule has 0 aliphatic rings. The number of guanidine groups is 1. The van der Waals surface area contributed by atoms with E-state index in [0.29, 0.717) is 5.75 Å². The van der Waals surface area contributed by atoms with E-state index < -0.39 is 5.91 Å². The molecular formula is C23H30IN5O2. The van der Waals surface area contributed by atoms with Gasteiger partial charge >= 0.3 is 0 Å². The van der Waals surface area contributed by atoms with Gasteiger partial charge in [-0.3, -0.25) is 9.79 Å². The molecule has 7 nitrogen and oxygen atoms in total. The molecule has 0 radical (unpaired) electrons. The Balaban J connectivity index is 0.00000341. The van der Waals surface area contributed by atoms with Crippen LogP contribution >= 0.6 is 24.0 Å². The molecule has 8 heteroatoms. The maximum Gasteiger partial charge on any atom is 0.255 e. The number of rotatable bonds is 10. The van der Waals surface area contributed by atoms with E-state index in [4.69, 9.17) is 10.5 Å². The molecular weight excluding hydrogens is 505 g/mol. The number of nitrogens with two attached hydrogens (primary N) is 1. The Morgan fingerprint density at radius 3 is 2.55 bits per heavy atom. The van der Waals surface area contributed by atoms with Crippen molar-refractivity contribution in [1.82, 2.24) is 15.2 Å². The van der Waals surface area contributed by atoms with Crippen LogP contribution in [-0.4, -0.2) is 43.2 Å². The predicted octanol–water partition coefficient (Wildman–Crippen LogP) is 2.92. The number of carbonyl (C=O) groups is 1. The van der Waals surface area contributed by atoms with Crippen LogP contribution in [0.25, 0.3) is 10.9 Å². The number of nitrogens with one attached hydrogen (secondary N) is 2. The molecule has 3 aromatic rings. The van der Waals surface area contributed by atoms with Gasteiger partial charge in [0.2, 0.25) is 0 Å². The first-order valence-corrected chi connectivity index (χ1v) is 10.1. The van der Waals surface area contributed by atoms with Crippen LogP contribution in [-0.2, 0) is 17.8 Å². The van der Waals surface area contributed by atoms with Crippen LogP contribution in [0.15, 0.2) is 65.8 Å². The van der Waals surface area contributed by atoms with Crippen molar-refractivity contribution in [3.8, 4) is 5.75 Å². The zero-order valence-corrected chi connectivity index (χ0v) is 20.0. The first kappa shape index (κ1) is 24.5. The van der Waals surface area contributed by atoms with Crippen molar-refractivity contribution in [3.63, 3.8) is 0 Å². The Hall–Kier alpha value is -2.75. The molecule has 2 aromatic carbocycles. The van der Waals surface area contributed by atoms with Gasteiger partial charge in [0.1, 0.15) is 5.75 Å². The summed E-state index contributed by atoms with van der Waals surface area (Å²) in [6.07, 6.45) is 4.00. The molecule has 0 saturated heterocycles. The van der Waals surface area contributed by atoms with Crippen molar-refractivity contribution in [3.05, 3.63) is 66.4 Å². The van der Waals surface area contributed by atoms with Crippen molar-refractivity contribution in [2.45, 2.75) is 19.4 Å². The van der Waals surface area contributed by atoms with Gasteiger partial charge in [0, 0.05) is 38.4 Å². The third kappa shape index (κ3) is 7.78. The van der Waals surface area contributed by atoms with Crippen LogP contribution in [0.1, 0.15) is 12.0 Å². The molecule has 0 aliphatic heterocycles. The average molecular weight is 535 g/mol. The van der Waals surface area contributed by atoms with Gasteiger partial charge in [0.15, 0.2) is 12.6 Å². The fourth-order valence-corrected chi connectivity index (χ4v) is 3.24. The minimum atomic E-state index is -0.483. The quantitative estimate of drug-likeness (QED) is 0.161. The van der Waals surface area contributed by atoms with E-state index in [1.54, 1.807) is 7.05 Å². The molecule has 0 atom stereocenters. The largest absolute Gasteiger partial charge is 0.484 e. The number of carbonyl (C=O) groups excluding carboxylic acids is 1. The molecule has 0 saturated carbocycles. The van der Waals surface area contributed by atoms with E-state index >= 15 is 0 Å². The molecule has 0 aliphatic carbocycles. The van der Waals surface area contributed by atoms with E-state index in [2.05, 4.69) is 56.7 Å². The standard InChI is InChI=1S/C23H29N5O2.HI/c1-25-23(26-13-4-15-28-16-12-19-5-2-3-6-21(19)28)27-14-11-18-7-9-20(10-8-18)30-17-22(24)29;/h2-3,5-10,12,16H,4,11,13-15,17H2,1H3,(H2,24,29)(H2,25,26,27);1H. The minimum absolute atomic E-state index is 0. The summed E-state index contributed by atoms with van der Waals surface area (Å²) < 4.78 is 7.55. The maximum atomic E-state index is 10.7. The lowest BCUT2D eigenvalue weighted by atomic mass is 10.1. The van der Waals surface area contributed by atoms with Crippen molar-refractivity contribution in [2.75, 3.05) is 26.7 Å². The van der Waals surface area contributed by atoms with Gasteiger partial charge in [-0.15, -0.1) is 24.0 Å². The fourth-order valence-electron chi connectivity index (χ4n) is 3.24. The highest BCUT2D eigenvalue weighted by Crippen LogP contribution is 2.15. The smallest absolute Gasteiger partial charge is 0.255 e. The van der Waals surface area contributed by atoms with Gasteiger partial charge < -0.3 is 25.7 Å². The number of ether oxygens (including phenoxy) is 1. The molecule has 1 amide bonds. The molecule has 3 rings (SSSR count). The lowest BCUT2D eigenvalue weighted by Crippen LogP contribution is -2.38. The summed E-state index contributed by atoms with van der Waals surface area (Å²) in [4.78, 5) is 15.0. The van der Waals surface area contributed by atoms with Crippen LogP contribution in [0.4, 0.5) is 0 Å². The number of aryl methyl sites for hydroxylation is 1. The highest BCUT2D eigenvalue weighted by atomic mass is 127. The van der Waals surface area contributed by atoms with Crippen LogP contribution in [0.5, 0.6) is 5.75 Å². The Labute approximate surface area is 200 Å². The van der Waals surface area contributed by atoms with Crippen LogP contribution in [0, 0.1) is 0 Å². The summed E-state index contributed by atoms with van der Waals surface area (Å²) in [6, 6.07) is 18.2. The summed E-state index contributed by atoms with van der Waals surface area (Å²) in [6.45, 7) is 2.46. The van der Waals surface area contributed by atoms with Crippen LogP contribution in [0.2, 0.25) is 0 Å². The molecule has 0 spiro atoms. The first-order chi connectivity index (χ1) is 14.7. The van der Waals surface area contributed by atoms with E-state index in [1.807, 2.05) is 24.3 Å². The second-order valence-corrected chi connectivity index (χ2v) is 7.00. The number of fused-ring (bicyclic) bond motifs is 1. The molecule has 4 N–H and O–H groups in total. The van der Waals surface area contributed by atoms with E-state index in [1.165, 1.54) is 16.5 Å². The number of aromatic nitrogens is 1. The molecule has 166 valence electrons. The third-order valence-electron chi connectivity index (χ3n) is 4.78. The van der Waals surface area contributed by atoms with Crippen molar-refractivity contribution < 1.29 is 9.53 Å². The van der Waals surface area contributed by atoms with Crippen LogP contribution in [0.3, 0.4) is 0 Å². The summed E-state index contributed by atoms with van der Waals surface area (Å²) in [5.41, 5.74) is 7.52. The highest BCUT2D eigenvalue weighted by molar-refractivity contribution is 14.0. The second-order valence-electron chi connectivity index (χ2n) is 7.00. The lowest BCUT2D eigenvalue weighted by molar-refractivity contribution is -0.119. The topological polar surface area (TPSA) is 93.7 Å². The summed E-state index contributed by atoms with van der Waals surface area (Å²) in [5, 5.41) is 7.97. The highest BCUT2D eigenvalue weighted by Gasteiger charge is 2.02. The molecule has 1 heterocycles. The number of benzene rings is 2. The molecule has 1 aromatic heterocycles. The third-order valence-corrected chi connectivity index (χ3v) is 4.78. The van der Waals surface area contributed by atoms with E-state index in [9.17, 15) is 4.79 Å². The number of para-hydroxylation sites is 1. The summed E-state index contributed by atoms with van der Waals surface area (Å²) in [7, 11) is 1.78. The lowest BCUT2D eigenvalue weighted by Gasteiger charge is -2.12. The van der Waals surface area contributed by atoms with E-state index in [-0.39, 0.29) is 30.6 Å². The average Bonchev–Trinajstić information content (AvgIpc) is 3.18. The number of hydrogen-bond acceptors (Lipinski definition) is 3. The van der Waals surface area contributed by atoms with Gasteiger partial charge in [-0.1, -0.05) is 30.3 Å². The van der Waals surface area contributed by atoms with Gasteiger partial charge in [0.05, 0.1) is 0 Å². The summed E-state index contributed by atoms with van der Waals surface area (Å²) in [5.74, 6) is 0.955. The van der Waals surface area contributed by atoms with Gasteiger partial charge in [-0.25, -0.2) is 0 Å². The second kappa shape index (κ2) is 12.8. The van der Waals surface area contributed by atoms with Crippen LogP contribution < -0.4 is 21.1 Å². The van der Waals surface area contributed by atoms with Gasteiger partial charge in [0.25, 0.3) is 5.91 Å². The number of aliphatic imine (C=N–C) groups is 1. The Morgan fingerprint density at radius 2 is 1.81 bits per heavy atom. The number of hydrogen-bond donors (Lipinski definition) is 3. The number of amides is 1. The predicted molar refractivity (Wildman–Crippen MR) is 136 cm³/mol. The molecule has 0 unspecified atom stereocenters. The van der Waals surface area contributed by atoms with E-state index in [0.717, 1.165) is 38.4 Å². The van der Waals surface area contributed by atoms with Gasteiger partial charge in [-0.05, 0) is 48.1 Å². The fraction of sp³-hybridized carbons (Fsp3) is 0.304. The Morgan fingerprint density at radius 1 is 1.06 bits per heavy atom. The zero-order chi connectivity index (χ0) is 21.2. The minimum Gasteiger partial charge on any atom is -0.484 e. The van der Waals surface area contributed by atoms with Crippen molar-refractivity contribution >= 4 is 46.7 Å². The molecule has 0 bridgehead atoms. The summed E-state index contributed by atoms with van der Waals surface area (Å²) >= 11 is 0. The molecule has 0 fully saturated rings. The monoisotopic (exact) mass is 535 g/mol. The normalized spacial score (nSPS) is 11.1. The Kier molecular flexibility index (Phi) is 10.2. The maximum absolute atomic E-state index is 10.7. The Bertz CT molecular complexity index is 985. The first-order valence-electron chi connectivity index (χ1n) is 10.1. The van der Waals surface area contributed by atoms with Crippen molar-refractivity contribution in [2.24, 2.45) is 10.7 Å².